The summed E-state index contributed by atoms with van der Waals surface area (Å²) in [5.74, 6) is 0.715. The second-order valence-electron chi connectivity index (χ2n) is 7.89. The second kappa shape index (κ2) is 8.12. The first-order chi connectivity index (χ1) is 13.8. The highest BCUT2D eigenvalue weighted by Gasteiger charge is 2.34. The summed E-state index contributed by atoms with van der Waals surface area (Å²) in [4.78, 5) is 13.0. The Balaban J connectivity index is 1.31. The number of ether oxygens (including phenoxy) is 1. The number of rotatable bonds is 6. The predicted molar refractivity (Wildman–Crippen MR) is 103 cm³/mol. The number of benzene rings is 1. The third kappa shape index (κ3) is 5.02. The van der Waals surface area contributed by atoms with Gasteiger partial charge in [-0.1, -0.05) is 5.21 Å². The Hall–Kier alpha value is -1.84. The van der Waals surface area contributed by atoms with Crippen LogP contribution in [-0.4, -0.2) is 51.7 Å². The molecule has 2 heterocycles. The number of fused-ring (bicyclic) bond motifs is 1. The fraction of sp³-hybridized carbons (Fsp3) is 0.632. The van der Waals surface area contributed by atoms with Gasteiger partial charge in [0, 0.05) is 19.6 Å². The van der Waals surface area contributed by atoms with Crippen molar-refractivity contribution in [1.82, 2.24) is 19.9 Å². The van der Waals surface area contributed by atoms with Crippen molar-refractivity contribution in [3.05, 3.63) is 16.6 Å². The Morgan fingerprint density at radius 3 is 2.55 bits per heavy atom. The summed E-state index contributed by atoms with van der Waals surface area (Å²) >= 11 is 3.56. The third-order valence-corrected chi connectivity index (χ3v) is 6.28. The number of carbonyl (C=O) groups excluding carboxylic acids is 1. The van der Waals surface area contributed by atoms with Crippen molar-refractivity contribution >= 4 is 32.9 Å². The number of hydrogen-bond donors (Lipinski definition) is 0. The van der Waals surface area contributed by atoms with Crippen molar-refractivity contribution in [2.45, 2.75) is 44.8 Å². The number of amides is 1. The van der Waals surface area contributed by atoms with E-state index in [9.17, 15) is 18.0 Å². The fourth-order valence-electron chi connectivity index (χ4n) is 3.62. The zero-order chi connectivity index (χ0) is 20.6. The Morgan fingerprint density at radius 2 is 1.90 bits per heavy atom. The van der Waals surface area contributed by atoms with Gasteiger partial charge >= 0.3 is 6.18 Å². The molecule has 4 rings (SSSR count). The van der Waals surface area contributed by atoms with Gasteiger partial charge in [-0.2, -0.15) is 13.2 Å². The zero-order valence-electron chi connectivity index (χ0n) is 15.8. The molecule has 2 aromatic rings. The molecule has 29 heavy (non-hydrogen) atoms. The van der Waals surface area contributed by atoms with Crippen LogP contribution < -0.4 is 4.74 Å². The van der Waals surface area contributed by atoms with Gasteiger partial charge in [-0.05, 0) is 65.6 Å². The molecule has 1 saturated carbocycles. The topological polar surface area (TPSA) is 60.3 Å². The number of alkyl halides is 3. The molecular weight excluding hydrogens is 453 g/mol. The standard InChI is InChI=1S/C19H22BrF3N4O2/c20-17-15(4-3-14-18(17)24-25-27(14)10-12-1-2-12)29-11-13-5-7-26(8-6-13)16(28)9-19(21,22)23/h3-4,12-13H,1-2,5-11H2. The van der Waals surface area contributed by atoms with Crippen LogP contribution in [0.25, 0.3) is 11.0 Å². The van der Waals surface area contributed by atoms with Crippen molar-refractivity contribution in [1.29, 1.82) is 0 Å². The molecule has 1 aromatic heterocycles. The van der Waals surface area contributed by atoms with Crippen molar-refractivity contribution in [2.24, 2.45) is 11.8 Å². The summed E-state index contributed by atoms with van der Waals surface area (Å²) in [6.07, 6.45) is -2.11. The van der Waals surface area contributed by atoms with Crippen LogP contribution >= 0.6 is 15.9 Å². The van der Waals surface area contributed by atoms with Gasteiger partial charge in [0.25, 0.3) is 0 Å². The van der Waals surface area contributed by atoms with Crippen LogP contribution in [0, 0.1) is 11.8 Å². The number of carbonyl (C=O) groups is 1. The van der Waals surface area contributed by atoms with Gasteiger partial charge in [-0.25, -0.2) is 4.68 Å². The number of hydrogen-bond acceptors (Lipinski definition) is 4. The van der Waals surface area contributed by atoms with Gasteiger partial charge in [0.15, 0.2) is 0 Å². The first kappa shape index (κ1) is 20.4. The number of halogens is 4. The molecule has 0 radical (unpaired) electrons. The highest BCUT2D eigenvalue weighted by Crippen LogP contribution is 2.35. The van der Waals surface area contributed by atoms with Crippen LogP contribution in [0.4, 0.5) is 13.2 Å². The zero-order valence-corrected chi connectivity index (χ0v) is 17.4. The minimum atomic E-state index is -4.46. The summed E-state index contributed by atoms with van der Waals surface area (Å²) < 4.78 is 45.8. The Bertz CT molecular complexity index is 889. The number of nitrogens with zero attached hydrogens (tertiary/aromatic N) is 4. The van der Waals surface area contributed by atoms with E-state index in [2.05, 4.69) is 26.2 Å². The molecule has 1 aliphatic heterocycles. The molecule has 2 fully saturated rings. The molecule has 0 N–H and O–H groups in total. The van der Waals surface area contributed by atoms with Crippen LogP contribution in [0.3, 0.4) is 0 Å². The largest absolute Gasteiger partial charge is 0.492 e. The summed E-state index contributed by atoms with van der Waals surface area (Å²) in [7, 11) is 0. The van der Waals surface area contributed by atoms with E-state index in [0.717, 1.165) is 22.1 Å². The normalized spacial score (nSPS) is 18.4. The minimum Gasteiger partial charge on any atom is -0.492 e. The highest BCUT2D eigenvalue weighted by molar-refractivity contribution is 9.10. The van der Waals surface area contributed by atoms with E-state index in [1.807, 2.05) is 16.8 Å². The van der Waals surface area contributed by atoms with Crippen LogP contribution in [0.2, 0.25) is 0 Å². The SMILES string of the molecule is O=C(CC(F)(F)F)N1CCC(COc2ccc3c(nnn3CC3CC3)c2Br)CC1. The van der Waals surface area contributed by atoms with Gasteiger partial charge in [-0.3, -0.25) is 4.79 Å². The Kier molecular flexibility index (Phi) is 5.72. The lowest BCUT2D eigenvalue weighted by molar-refractivity contribution is -0.162. The van der Waals surface area contributed by atoms with E-state index in [0.29, 0.717) is 44.2 Å². The fourth-order valence-corrected chi connectivity index (χ4v) is 4.15. The number of aromatic nitrogens is 3. The lowest BCUT2D eigenvalue weighted by atomic mass is 9.97. The highest BCUT2D eigenvalue weighted by atomic mass is 79.9. The molecule has 158 valence electrons. The lowest BCUT2D eigenvalue weighted by Crippen LogP contribution is -2.41. The molecule has 1 aromatic carbocycles. The van der Waals surface area contributed by atoms with Crippen LogP contribution in [0.15, 0.2) is 16.6 Å². The maximum atomic E-state index is 12.4. The van der Waals surface area contributed by atoms with Gasteiger partial charge in [0.2, 0.25) is 5.91 Å². The van der Waals surface area contributed by atoms with Crippen LogP contribution in [0.5, 0.6) is 5.75 Å². The number of piperidine rings is 1. The maximum absolute atomic E-state index is 12.4. The molecule has 6 nitrogen and oxygen atoms in total. The maximum Gasteiger partial charge on any atom is 0.397 e. The van der Waals surface area contributed by atoms with E-state index in [1.54, 1.807) is 0 Å². The van der Waals surface area contributed by atoms with Gasteiger partial charge in [0.05, 0.1) is 16.6 Å². The lowest BCUT2D eigenvalue weighted by Gasteiger charge is -2.32. The first-order valence-corrected chi connectivity index (χ1v) is 10.6. The minimum absolute atomic E-state index is 0.193. The summed E-state index contributed by atoms with van der Waals surface area (Å²) in [6.45, 7) is 1.99. The third-order valence-electron chi connectivity index (χ3n) is 5.51. The van der Waals surface area contributed by atoms with E-state index >= 15 is 0 Å². The molecular formula is C19H22BrF3N4O2. The Morgan fingerprint density at radius 1 is 1.17 bits per heavy atom. The van der Waals surface area contributed by atoms with Crippen molar-refractivity contribution in [3.8, 4) is 5.75 Å². The predicted octanol–water partition coefficient (Wildman–Crippen LogP) is 4.17. The monoisotopic (exact) mass is 474 g/mol. The van der Waals surface area contributed by atoms with E-state index in [1.165, 1.54) is 17.7 Å². The Labute approximate surface area is 174 Å². The van der Waals surface area contributed by atoms with Gasteiger partial charge in [-0.15, -0.1) is 5.10 Å². The molecule has 1 aliphatic carbocycles. The van der Waals surface area contributed by atoms with Crippen LogP contribution in [0.1, 0.15) is 32.1 Å². The van der Waals surface area contributed by atoms with E-state index < -0.39 is 18.5 Å². The molecule has 0 bridgehead atoms. The molecule has 2 aliphatic rings. The van der Waals surface area contributed by atoms with Gasteiger partial charge < -0.3 is 9.64 Å². The van der Waals surface area contributed by atoms with Crippen molar-refractivity contribution in [2.75, 3.05) is 19.7 Å². The van der Waals surface area contributed by atoms with E-state index in [-0.39, 0.29) is 5.92 Å². The van der Waals surface area contributed by atoms with Gasteiger partial charge in [0.1, 0.15) is 17.7 Å². The molecule has 1 saturated heterocycles. The average Bonchev–Trinajstić information content (AvgIpc) is 3.39. The first-order valence-electron chi connectivity index (χ1n) is 9.79. The summed E-state index contributed by atoms with van der Waals surface area (Å²) in [6, 6.07) is 3.84. The number of likely N-dealkylation sites (tertiary alicyclic amines) is 1. The van der Waals surface area contributed by atoms with E-state index in [4.69, 9.17) is 4.74 Å². The molecule has 1 amide bonds. The van der Waals surface area contributed by atoms with Crippen LogP contribution in [-0.2, 0) is 11.3 Å². The molecule has 0 unspecified atom stereocenters. The quantitative estimate of drug-likeness (QED) is 0.630. The second-order valence-corrected chi connectivity index (χ2v) is 8.68. The molecule has 10 heteroatoms. The molecule has 0 spiro atoms. The summed E-state index contributed by atoms with van der Waals surface area (Å²) in [5.41, 5.74) is 1.73. The van der Waals surface area contributed by atoms with Crippen molar-refractivity contribution < 1.29 is 22.7 Å². The molecule has 0 atom stereocenters. The average molecular weight is 475 g/mol. The summed E-state index contributed by atoms with van der Waals surface area (Å²) in [5, 5.41) is 8.50. The smallest absolute Gasteiger partial charge is 0.397 e. The van der Waals surface area contributed by atoms with Crippen molar-refractivity contribution in [3.63, 3.8) is 0 Å².